The Balaban J connectivity index is 2.66. The van der Waals surface area contributed by atoms with E-state index in [1.54, 1.807) is 13.0 Å². The third-order valence-corrected chi connectivity index (χ3v) is 2.36. The van der Waals surface area contributed by atoms with Crippen LogP contribution in [0, 0.1) is 6.92 Å². The number of para-hydroxylation sites is 1. The Morgan fingerprint density at radius 3 is 2.93 bits per heavy atom. The SMILES string of the molecule is Cc1noc2c(C(=O)C(C)N)cccc12. The fourth-order valence-electron chi connectivity index (χ4n) is 1.52. The van der Waals surface area contributed by atoms with Crippen LogP contribution in [0.25, 0.3) is 11.0 Å². The summed E-state index contributed by atoms with van der Waals surface area (Å²) < 4.78 is 5.12. The quantitative estimate of drug-likeness (QED) is 0.755. The van der Waals surface area contributed by atoms with Gasteiger partial charge in [0, 0.05) is 5.39 Å². The van der Waals surface area contributed by atoms with E-state index in [1.165, 1.54) is 0 Å². The number of rotatable bonds is 2. The third-order valence-electron chi connectivity index (χ3n) is 2.36. The minimum Gasteiger partial charge on any atom is -0.355 e. The first kappa shape index (κ1) is 9.86. The molecule has 1 aromatic heterocycles. The van der Waals surface area contributed by atoms with Crippen LogP contribution in [-0.4, -0.2) is 17.0 Å². The highest BCUT2D eigenvalue weighted by Gasteiger charge is 2.17. The molecule has 2 N–H and O–H groups in total. The number of fused-ring (bicyclic) bond motifs is 1. The molecule has 0 amide bonds. The third kappa shape index (κ3) is 1.53. The van der Waals surface area contributed by atoms with E-state index in [2.05, 4.69) is 5.16 Å². The van der Waals surface area contributed by atoms with Gasteiger partial charge in [0.05, 0.1) is 17.3 Å². The van der Waals surface area contributed by atoms with Crippen molar-refractivity contribution in [2.45, 2.75) is 19.9 Å². The van der Waals surface area contributed by atoms with E-state index < -0.39 is 6.04 Å². The summed E-state index contributed by atoms with van der Waals surface area (Å²) in [5.41, 5.74) is 7.36. The standard InChI is InChI=1S/C11H12N2O2/c1-6(12)10(14)9-5-3-4-8-7(2)13-15-11(8)9/h3-6H,12H2,1-2H3. The van der Waals surface area contributed by atoms with Crippen molar-refractivity contribution in [3.63, 3.8) is 0 Å². The van der Waals surface area contributed by atoms with E-state index in [1.807, 2.05) is 19.1 Å². The van der Waals surface area contributed by atoms with Gasteiger partial charge in [0.2, 0.25) is 0 Å². The minimum absolute atomic E-state index is 0.128. The van der Waals surface area contributed by atoms with Gasteiger partial charge in [-0.05, 0) is 26.0 Å². The van der Waals surface area contributed by atoms with Gasteiger partial charge in [-0.15, -0.1) is 0 Å². The molecule has 0 fully saturated rings. The molecule has 1 heterocycles. The predicted octanol–water partition coefficient (Wildman–Crippen LogP) is 1.67. The molecule has 0 saturated carbocycles. The van der Waals surface area contributed by atoms with Gasteiger partial charge >= 0.3 is 0 Å². The lowest BCUT2D eigenvalue weighted by Gasteiger charge is -2.03. The molecule has 78 valence electrons. The van der Waals surface area contributed by atoms with Crippen molar-refractivity contribution >= 4 is 16.8 Å². The van der Waals surface area contributed by atoms with Crippen molar-refractivity contribution in [1.29, 1.82) is 0 Å². The van der Waals surface area contributed by atoms with Gasteiger partial charge in [0.1, 0.15) is 0 Å². The largest absolute Gasteiger partial charge is 0.355 e. The molecule has 0 spiro atoms. The lowest BCUT2D eigenvalue weighted by molar-refractivity contribution is 0.0968. The summed E-state index contributed by atoms with van der Waals surface area (Å²) in [6, 6.07) is 4.86. The molecule has 4 nitrogen and oxygen atoms in total. The maximum Gasteiger partial charge on any atom is 0.183 e. The Kier molecular flexibility index (Phi) is 2.28. The van der Waals surface area contributed by atoms with Crippen LogP contribution in [0.3, 0.4) is 0 Å². The molecule has 4 heteroatoms. The first-order chi connectivity index (χ1) is 7.11. The van der Waals surface area contributed by atoms with E-state index in [0.717, 1.165) is 11.1 Å². The predicted molar refractivity (Wildman–Crippen MR) is 56.7 cm³/mol. The van der Waals surface area contributed by atoms with E-state index in [9.17, 15) is 4.79 Å². The summed E-state index contributed by atoms with van der Waals surface area (Å²) >= 11 is 0. The zero-order valence-corrected chi connectivity index (χ0v) is 8.65. The zero-order chi connectivity index (χ0) is 11.0. The maximum absolute atomic E-state index is 11.8. The lowest BCUT2D eigenvalue weighted by Crippen LogP contribution is -2.26. The summed E-state index contributed by atoms with van der Waals surface area (Å²) in [6.07, 6.45) is 0. The van der Waals surface area contributed by atoms with Crippen molar-refractivity contribution < 1.29 is 9.32 Å². The second-order valence-electron chi connectivity index (χ2n) is 3.60. The highest BCUT2D eigenvalue weighted by atomic mass is 16.5. The topological polar surface area (TPSA) is 69.1 Å². The number of benzene rings is 1. The average Bonchev–Trinajstić information content (AvgIpc) is 2.59. The molecule has 2 aromatic rings. The van der Waals surface area contributed by atoms with Crippen LogP contribution in [0.1, 0.15) is 23.0 Å². The van der Waals surface area contributed by atoms with Crippen LogP contribution >= 0.6 is 0 Å². The maximum atomic E-state index is 11.8. The van der Waals surface area contributed by atoms with Crippen molar-refractivity contribution in [3.05, 3.63) is 29.5 Å². The summed E-state index contributed by atoms with van der Waals surface area (Å²) in [4.78, 5) is 11.8. The molecule has 0 aliphatic rings. The Morgan fingerprint density at radius 1 is 1.53 bits per heavy atom. The van der Waals surface area contributed by atoms with Gasteiger partial charge in [0.25, 0.3) is 0 Å². The highest BCUT2D eigenvalue weighted by Crippen LogP contribution is 2.22. The fraction of sp³-hybridized carbons (Fsp3) is 0.273. The van der Waals surface area contributed by atoms with Crippen LogP contribution in [0.4, 0.5) is 0 Å². The number of aryl methyl sites for hydroxylation is 1. The molecular weight excluding hydrogens is 192 g/mol. The van der Waals surface area contributed by atoms with E-state index in [-0.39, 0.29) is 5.78 Å². The second kappa shape index (κ2) is 3.47. The number of nitrogens with two attached hydrogens (primary N) is 1. The van der Waals surface area contributed by atoms with Gasteiger partial charge in [0.15, 0.2) is 11.4 Å². The van der Waals surface area contributed by atoms with Crippen LogP contribution in [0.5, 0.6) is 0 Å². The molecule has 2 rings (SSSR count). The van der Waals surface area contributed by atoms with Crippen molar-refractivity contribution in [1.82, 2.24) is 5.16 Å². The summed E-state index contributed by atoms with van der Waals surface area (Å²) in [7, 11) is 0. The fourth-order valence-corrected chi connectivity index (χ4v) is 1.52. The first-order valence-corrected chi connectivity index (χ1v) is 4.76. The highest BCUT2D eigenvalue weighted by molar-refractivity contribution is 6.08. The summed E-state index contributed by atoms with van der Waals surface area (Å²) in [6.45, 7) is 3.50. The second-order valence-corrected chi connectivity index (χ2v) is 3.60. The van der Waals surface area contributed by atoms with Gasteiger partial charge in [-0.3, -0.25) is 4.79 Å². The summed E-state index contributed by atoms with van der Waals surface area (Å²) in [5.74, 6) is -0.128. The molecule has 0 bridgehead atoms. The molecule has 0 aliphatic heterocycles. The molecule has 1 atom stereocenters. The van der Waals surface area contributed by atoms with Crippen molar-refractivity contribution in [2.75, 3.05) is 0 Å². The molecule has 1 unspecified atom stereocenters. The Hall–Kier alpha value is -1.68. The van der Waals surface area contributed by atoms with Crippen LogP contribution in [-0.2, 0) is 0 Å². The van der Waals surface area contributed by atoms with Crippen LogP contribution < -0.4 is 5.73 Å². The van der Waals surface area contributed by atoms with Gasteiger partial charge in [-0.2, -0.15) is 0 Å². The van der Waals surface area contributed by atoms with Gasteiger partial charge < -0.3 is 10.3 Å². The Labute approximate surface area is 87.0 Å². The zero-order valence-electron chi connectivity index (χ0n) is 8.65. The Morgan fingerprint density at radius 2 is 2.27 bits per heavy atom. The average molecular weight is 204 g/mol. The van der Waals surface area contributed by atoms with Crippen LogP contribution in [0.15, 0.2) is 22.7 Å². The van der Waals surface area contributed by atoms with Crippen molar-refractivity contribution in [3.8, 4) is 0 Å². The van der Waals surface area contributed by atoms with Crippen molar-refractivity contribution in [2.24, 2.45) is 5.73 Å². The van der Waals surface area contributed by atoms with Gasteiger partial charge in [-0.25, -0.2) is 0 Å². The molecule has 1 aromatic carbocycles. The Bertz CT molecular complexity index is 514. The smallest absolute Gasteiger partial charge is 0.183 e. The number of Topliss-reactive ketones (excluding diaryl/α,β-unsaturated/α-hetero) is 1. The number of carbonyl (C=O) groups is 1. The number of aromatic nitrogens is 1. The monoisotopic (exact) mass is 204 g/mol. The number of hydrogen-bond donors (Lipinski definition) is 1. The number of ketones is 1. The molecule has 15 heavy (non-hydrogen) atoms. The molecule has 0 radical (unpaired) electrons. The van der Waals surface area contributed by atoms with Crippen LogP contribution in [0.2, 0.25) is 0 Å². The minimum atomic E-state index is -0.527. The normalized spacial score (nSPS) is 13.0. The van der Waals surface area contributed by atoms with E-state index in [0.29, 0.717) is 11.1 Å². The molecule has 0 saturated heterocycles. The summed E-state index contributed by atoms with van der Waals surface area (Å²) in [5, 5.41) is 4.69. The van der Waals surface area contributed by atoms with E-state index in [4.69, 9.17) is 10.3 Å². The number of hydrogen-bond acceptors (Lipinski definition) is 4. The molecule has 0 aliphatic carbocycles. The van der Waals surface area contributed by atoms with E-state index >= 15 is 0 Å². The van der Waals surface area contributed by atoms with Gasteiger partial charge in [-0.1, -0.05) is 11.2 Å². The number of carbonyl (C=O) groups excluding carboxylic acids is 1. The first-order valence-electron chi connectivity index (χ1n) is 4.76. The number of nitrogens with zero attached hydrogens (tertiary/aromatic N) is 1. The molecular formula is C11H12N2O2. The lowest BCUT2D eigenvalue weighted by atomic mass is 10.0.